The van der Waals surface area contributed by atoms with Gasteiger partial charge in [0, 0.05) is 32.6 Å². The standard InChI is InChI=1S/C14H23N3O/c1-3-17(11-12-7-5-4-6-8-12)13(10-15)9-14(18)16-2/h4-8,13H,3,9-11,15H2,1-2H3,(H,16,18). The normalized spacial score (nSPS) is 12.4. The molecule has 0 saturated carbocycles. The Morgan fingerprint density at radius 2 is 2.06 bits per heavy atom. The minimum atomic E-state index is 0.0389. The zero-order valence-electron chi connectivity index (χ0n) is 11.2. The van der Waals surface area contributed by atoms with Crippen molar-refractivity contribution >= 4 is 5.91 Å². The van der Waals surface area contributed by atoms with E-state index in [-0.39, 0.29) is 11.9 Å². The van der Waals surface area contributed by atoms with Crippen LogP contribution in [0.1, 0.15) is 18.9 Å². The van der Waals surface area contributed by atoms with E-state index in [4.69, 9.17) is 5.73 Å². The number of rotatable bonds is 7. The molecule has 100 valence electrons. The van der Waals surface area contributed by atoms with Crippen LogP contribution in [-0.2, 0) is 11.3 Å². The molecule has 0 spiro atoms. The van der Waals surface area contributed by atoms with Crippen molar-refractivity contribution in [3.05, 3.63) is 35.9 Å². The number of likely N-dealkylation sites (N-methyl/N-ethyl adjacent to an activating group) is 1. The Hall–Kier alpha value is -1.39. The lowest BCUT2D eigenvalue weighted by molar-refractivity contribution is -0.121. The summed E-state index contributed by atoms with van der Waals surface area (Å²) in [5.74, 6) is 0.0389. The van der Waals surface area contributed by atoms with E-state index >= 15 is 0 Å². The third-order valence-electron chi connectivity index (χ3n) is 3.12. The number of nitrogens with two attached hydrogens (primary N) is 1. The van der Waals surface area contributed by atoms with Crippen molar-refractivity contribution < 1.29 is 4.79 Å². The van der Waals surface area contributed by atoms with Gasteiger partial charge in [0.1, 0.15) is 0 Å². The molecule has 0 fully saturated rings. The molecule has 0 aliphatic rings. The predicted molar refractivity (Wildman–Crippen MR) is 74.1 cm³/mol. The summed E-state index contributed by atoms with van der Waals surface area (Å²) in [4.78, 5) is 13.7. The molecule has 0 saturated heterocycles. The van der Waals surface area contributed by atoms with Gasteiger partial charge in [-0.1, -0.05) is 37.3 Å². The Balaban J connectivity index is 2.65. The molecule has 4 nitrogen and oxygen atoms in total. The van der Waals surface area contributed by atoms with E-state index in [0.717, 1.165) is 13.1 Å². The van der Waals surface area contributed by atoms with Gasteiger partial charge >= 0.3 is 0 Å². The molecule has 1 unspecified atom stereocenters. The topological polar surface area (TPSA) is 58.4 Å². The fourth-order valence-corrected chi connectivity index (χ4v) is 1.99. The van der Waals surface area contributed by atoms with Crippen LogP contribution in [0.2, 0.25) is 0 Å². The Labute approximate surface area is 109 Å². The lowest BCUT2D eigenvalue weighted by Gasteiger charge is -2.29. The van der Waals surface area contributed by atoms with Crippen LogP contribution in [0.5, 0.6) is 0 Å². The molecule has 1 aromatic rings. The summed E-state index contributed by atoms with van der Waals surface area (Å²) in [5.41, 5.74) is 7.03. The molecule has 1 aromatic carbocycles. The van der Waals surface area contributed by atoms with Crippen LogP contribution in [0.4, 0.5) is 0 Å². The summed E-state index contributed by atoms with van der Waals surface area (Å²) in [7, 11) is 1.66. The van der Waals surface area contributed by atoms with Crippen molar-refractivity contribution in [1.29, 1.82) is 0 Å². The number of nitrogens with one attached hydrogen (secondary N) is 1. The van der Waals surface area contributed by atoms with Gasteiger partial charge in [-0.2, -0.15) is 0 Å². The molecule has 0 bridgehead atoms. The molecule has 0 radical (unpaired) electrons. The van der Waals surface area contributed by atoms with Gasteiger partial charge in [-0.3, -0.25) is 9.69 Å². The second-order valence-electron chi connectivity index (χ2n) is 4.32. The molecular formula is C14H23N3O. The van der Waals surface area contributed by atoms with Gasteiger partial charge < -0.3 is 11.1 Å². The van der Waals surface area contributed by atoms with Crippen molar-refractivity contribution in [2.45, 2.75) is 25.9 Å². The molecule has 0 aliphatic carbocycles. The largest absolute Gasteiger partial charge is 0.359 e. The summed E-state index contributed by atoms with van der Waals surface area (Å²) in [6.07, 6.45) is 0.452. The number of nitrogens with zero attached hydrogens (tertiary/aromatic N) is 1. The van der Waals surface area contributed by atoms with E-state index in [1.54, 1.807) is 7.05 Å². The molecule has 18 heavy (non-hydrogen) atoms. The number of amides is 1. The van der Waals surface area contributed by atoms with Crippen LogP contribution < -0.4 is 11.1 Å². The summed E-state index contributed by atoms with van der Waals surface area (Å²) >= 11 is 0. The molecule has 1 atom stereocenters. The Bertz CT molecular complexity index is 353. The van der Waals surface area contributed by atoms with Crippen LogP contribution in [-0.4, -0.2) is 37.0 Å². The third-order valence-corrected chi connectivity index (χ3v) is 3.12. The van der Waals surface area contributed by atoms with E-state index in [2.05, 4.69) is 29.3 Å². The minimum Gasteiger partial charge on any atom is -0.359 e. The number of benzene rings is 1. The molecular weight excluding hydrogens is 226 g/mol. The molecule has 0 aromatic heterocycles. The fraction of sp³-hybridized carbons (Fsp3) is 0.500. The van der Waals surface area contributed by atoms with Gasteiger partial charge in [0.25, 0.3) is 0 Å². The molecule has 0 aliphatic heterocycles. The highest BCUT2D eigenvalue weighted by molar-refractivity contribution is 5.76. The molecule has 3 N–H and O–H groups in total. The quantitative estimate of drug-likeness (QED) is 0.757. The van der Waals surface area contributed by atoms with Crippen LogP contribution in [0.15, 0.2) is 30.3 Å². The van der Waals surface area contributed by atoms with Gasteiger partial charge in [-0.25, -0.2) is 0 Å². The van der Waals surface area contributed by atoms with Crippen molar-refractivity contribution in [3.63, 3.8) is 0 Å². The smallest absolute Gasteiger partial charge is 0.221 e. The van der Waals surface area contributed by atoms with Crippen molar-refractivity contribution in [2.75, 3.05) is 20.1 Å². The average Bonchev–Trinajstić information content (AvgIpc) is 2.43. The van der Waals surface area contributed by atoms with E-state index in [1.165, 1.54) is 5.56 Å². The Kier molecular flexibility index (Phi) is 6.39. The van der Waals surface area contributed by atoms with Crippen LogP contribution in [0.3, 0.4) is 0 Å². The van der Waals surface area contributed by atoms with Gasteiger partial charge in [0.2, 0.25) is 5.91 Å². The van der Waals surface area contributed by atoms with Crippen LogP contribution in [0.25, 0.3) is 0 Å². The van der Waals surface area contributed by atoms with Gasteiger partial charge in [-0.15, -0.1) is 0 Å². The third kappa shape index (κ3) is 4.47. The lowest BCUT2D eigenvalue weighted by Crippen LogP contribution is -2.43. The predicted octanol–water partition coefficient (Wildman–Crippen LogP) is 0.972. The van der Waals surface area contributed by atoms with Crippen molar-refractivity contribution in [2.24, 2.45) is 5.73 Å². The molecule has 1 rings (SSSR count). The van der Waals surface area contributed by atoms with Crippen molar-refractivity contribution in [3.8, 4) is 0 Å². The number of hydrogen-bond donors (Lipinski definition) is 2. The summed E-state index contributed by atoms with van der Waals surface area (Å²) in [6.45, 7) is 4.30. The monoisotopic (exact) mass is 249 g/mol. The lowest BCUT2D eigenvalue weighted by atomic mass is 10.1. The SMILES string of the molecule is CCN(Cc1ccccc1)C(CN)CC(=O)NC. The first-order valence-corrected chi connectivity index (χ1v) is 6.39. The van der Waals surface area contributed by atoms with E-state index in [0.29, 0.717) is 13.0 Å². The van der Waals surface area contributed by atoms with E-state index in [1.807, 2.05) is 18.2 Å². The van der Waals surface area contributed by atoms with Crippen LogP contribution in [0, 0.1) is 0 Å². The van der Waals surface area contributed by atoms with E-state index < -0.39 is 0 Å². The maximum atomic E-state index is 11.5. The second-order valence-corrected chi connectivity index (χ2v) is 4.32. The second kappa shape index (κ2) is 7.84. The Morgan fingerprint density at radius 3 is 2.56 bits per heavy atom. The summed E-state index contributed by atoms with van der Waals surface area (Å²) in [6, 6.07) is 10.3. The zero-order chi connectivity index (χ0) is 13.4. The van der Waals surface area contributed by atoms with Crippen molar-refractivity contribution in [1.82, 2.24) is 10.2 Å². The molecule has 4 heteroatoms. The average molecular weight is 249 g/mol. The van der Waals surface area contributed by atoms with Crippen LogP contribution >= 0.6 is 0 Å². The first-order valence-electron chi connectivity index (χ1n) is 6.39. The maximum absolute atomic E-state index is 11.5. The molecule has 1 amide bonds. The zero-order valence-corrected chi connectivity index (χ0v) is 11.2. The van der Waals surface area contributed by atoms with Gasteiger partial charge in [0.05, 0.1) is 0 Å². The number of carbonyl (C=O) groups is 1. The first-order chi connectivity index (χ1) is 8.71. The van der Waals surface area contributed by atoms with E-state index in [9.17, 15) is 4.79 Å². The molecule has 0 heterocycles. The van der Waals surface area contributed by atoms with Gasteiger partial charge in [-0.05, 0) is 12.1 Å². The number of hydrogen-bond acceptors (Lipinski definition) is 3. The summed E-state index contributed by atoms with van der Waals surface area (Å²) in [5, 5.41) is 2.65. The van der Waals surface area contributed by atoms with Gasteiger partial charge in [0.15, 0.2) is 0 Å². The minimum absolute atomic E-state index is 0.0389. The highest BCUT2D eigenvalue weighted by Gasteiger charge is 2.18. The fourth-order valence-electron chi connectivity index (χ4n) is 1.99. The maximum Gasteiger partial charge on any atom is 0.221 e. The first kappa shape index (κ1) is 14.7. The highest BCUT2D eigenvalue weighted by atomic mass is 16.1. The number of carbonyl (C=O) groups excluding carboxylic acids is 1. The highest BCUT2D eigenvalue weighted by Crippen LogP contribution is 2.10. The summed E-state index contributed by atoms with van der Waals surface area (Å²) < 4.78 is 0. The Morgan fingerprint density at radius 1 is 1.39 bits per heavy atom.